The van der Waals surface area contributed by atoms with Gasteiger partial charge in [-0.15, -0.1) is 0 Å². The third-order valence-corrected chi connectivity index (χ3v) is 4.92. The number of amides is 4. The zero-order chi connectivity index (χ0) is 23.5. The number of aromatic nitrogens is 1. The lowest BCUT2D eigenvalue weighted by Gasteiger charge is -2.27. The van der Waals surface area contributed by atoms with Crippen LogP contribution >= 0.6 is 0 Å². The summed E-state index contributed by atoms with van der Waals surface area (Å²) in [5.74, 6) is -1.30. The summed E-state index contributed by atoms with van der Waals surface area (Å²) >= 11 is 0. The minimum absolute atomic E-state index is 0.0604. The van der Waals surface area contributed by atoms with Gasteiger partial charge in [0.1, 0.15) is 11.3 Å². The largest absolute Gasteiger partial charge is 0.492 e. The van der Waals surface area contributed by atoms with Gasteiger partial charge in [0.25, 0.3) is 17.5 Å². The molecule has 3 aromatic rings. The van der Waals surface area contributed by atoms with E-state index in [2.05, 4.69) is 5.32 Å². The summed E-state index contributed by atoms with van der Waals surface area (Å²) in [7, 11) is 0. The number of ether oxygens (including phenoxy) is 1. The monoisotopic (exact) mass is 446 g/mol. The lowest BCUT2D eigenvalue weighted by atomic mass is 10.1. The molecule has 1 aliphatic rings. The lowest BCUT2D eigenvalue weighted by molar-refractivity contribution is -0.384. The number of para-hydroxylation sites is 2. The number of nitrogens with one attached hydrogen (secondary N) is 1. The Morgan fingerprint density at radius 2 is 1.76 bits per heavy atom. The molecule has 0 atom stereocenters. The first-order chi connectivity index (χ1) is 15.9. The van der Waals surface area contributed by atoms with Crippen molar-refractivity contribution in [1.29, 1.82) is 0 Å². The zero-order valence-electron chi connectivity index (χ0n) is 17.4. The number of urea groups is 1. The van der Waals surface area contributed by atoms with Crippen LogP contribution in [0.4, 0.5) is 16.2 Å². The first-order valence-corrected chi connectivity index (χ1v) is 9.96. The molecule has 0 spiro atoms. The third-order valence-electron chi connectivity index (χ3n) is 4.92. The summed E-state index contributed by atoms with van der Waals surface area (Å²) < 4.78 is 7.19. The van der Waals surface area contributed by atoms with Crippen LogP contribution in [-0.4, -0.2) is 33.9 Å². The number of nitrogens with zero attached hydrogens (tertiary/aromatic N) is 3. The predicted molar refractivity (Wildman–Crippen MR) is 119 cm³/mol. The predicted octanol–water partition coefficient (Wildman–Crippen LogP) is 3.45. The quantitative estimate of drug-likeness (QED) is 0.268. The second-order valence-electron chi connectivity index (χ2n) is 6.94. The number of hydrogen-bond donors (Lipinski definition) is 1. The van der Waals surface area contributed by atoms with E-state index in [4.69, 9.17) is 4.74 Å². The fourth-order valence-corrected chi connectivity index (χ4v) is 3.43. The van der Waals surface area contributed by atoms with Gasteiger partial charge in [0.2, 0.25) is 0 Å². The average molecular weight is 446 g/mol. The molecular formula is C23H18N4O6. The number of carbonyl (C=O) groups excluding carboxylic acids is 3. The standard InChI is InChI=1S/C23H18N4O6/c1-2-33-20-8-4-3-7-19(20)26-22(29)18(21(28)24-23(26)30)14-17-6-5-13-25(17)15-9-11-16(12-10-15)27(31)32/h3-14H,2H2,1H3,(H,24,28,30)/b18-14+. The van der Waals surface area contributed by atoms with Crippen molar-refractivity contribution >= 4 is 35.3 Å². The van der Waals surface area contributed by atoms with Gasteiger partial charge in [-0.2, -0.15) is 0 Å². The molecule has 4 amide bonds. The van der Waals surface area contributed by atoms with Gasteiger partial charge >= 0.3 is 6.03 Å². The summed E-state index contributed by atoms with van der Waals surface area (Å²) in [5, 5.41) is 13.1. The van der Waals surface area contributed by atoms with Gasteiger partial charge in [0.05, 0.1) is 17.2 Å². The number of imide groups is 2. The average Bonchev–Trinajstić information content (AvgIpc) is 3.26. The van der Waals surface area contributed by atoms with E-state index in [9.17, 15) is 24.5 Å². The highest BCUT2D eigenvalue weighted by Crippen LogP contribution is 2.31. The van der Waals surface area contributed by atoms with Crippen LogP contribution < -0.4 is 15.0 Å². The van der Waals surface area contributed by atoms with Crippen molar-refractivity contribution in [2.24, 2.45) is 0 Å². The number of nitro groups is 1. The molecule has 0 bridgehead atoms. The molecule has 2 aromatic carbocycles. The van der Waals surface area contributed by atoms with Crippen LogP contribution in [0, 0.1) is 10.1 Å². The minimum Gasteiger partial charge on any atom is -0.492 e. The molecule has 0 saturated carbocycles. The maximum atomic E-state index is 13.2. The Hall–Kier alpha value is -4.73. The maximum Gasteiger partial charge on any atom is 0.336 e. The van der Waals surface area contributed by atoms with Crippen LogP contribution in [0.15, 0.2) is 72.4 Å². The first-order valence-electron chi connectivity index (χ1n) is 9.96. The van der Waals surface area contributed by atoms with E-state index in [0.717, 1.165) is 4.90 Å². The highest BCUT2D eigenvalue weighted by Gasteiger charge is 2.38. The van der Waals surface area contributed by atoms with Gasteiger partial charge in [-0.1, -0.05) is 12.1 Å². The third kappa shape index (κ3) is 4.09. The smallest absolute Gasteiger partial charge is 0.336 e. The van der Waals surface area contributed by atoms with Crippen LogP contribution in [0.25, 0.3) is 11.8 Å². The molecule has 0 aliphatic carbocycles. The van der Waals surface area contributed by atoms with E-state index in [-0.39, 0.29) is 16.9 Å². The fourth-order valence-electron chi connectivity index (χ4n) is 3.43. The van der Waals surface area contributed by atoms with Crippen LogP contribution in [0.2, 0.25) is 0 Å². The molecule has 1 saturated heterocycles. The van der Waals surface area contributed by atoms with Crippen LogP contribution in [-0.2, 0) is 9.59 Å². The molecule has 1 N–H and O–H groups in total. The van der Waals surface area contributed by atoms with Gasteiger partial charge in [-0.25, -0.2) is 9.69 Å². The van der Waals surface area contributed by atoms with Crippen molar-refractivity contribution in [3.8, 4) is 11.4 Å². The fraction of sp³-hybridized carbons (Fsp3) is 0.0870. The van der Waals surface area contributed by atoms with E-state index in [0.29, 0.717) is 23.7 Å². The maximum absolute atomic E-state index is 13.2. The minimum atomic E-state index is -0.875. The number of non-ortho nitro benzene ring substituents is 1. The molecule has 10 nitrogen and oxygen atoms in total. The van der Waals surface area contributed by atoms with Crippen LogP contribution in [0.5, 0.6) is 5.75 Å². The first kappa shape index (κ1) is 21.5. The van der Waals surface area contributed by atoms with Crippen molar-refractivity contribution in [2.45, 2.75) is 6.92 Å². The van der Waals surface area contributed by atoms with E-state index in [1.54, 1.807) is 66.2 Å². The highest BCUT2D eigenvalue weighted by molar-refractivity contribution is 6.39. The summed E-state index contributed by atoms with van der Waals surface area (Å²) in [6.07, 6.45) is 3.05. The summed E-state index contributed by atoms with van der Waals surface area (Å²) in [5.41, 5.74) is 0.967. The number of benzene rings is 2. The van der Waals surface area contributed by atoms with Crippen molar-refractivity contribution in [3.63, 3.8) is 0 Å². The lowest BCUT2D eigenvalue weighted by Crippen LogP contribution is -2.54. The number of anilines is 1. The number of rotatable bonds is 6. The second-order valence-corrected chi connectivity index (χ2v) is 6.94. The van der Waals surface area contributed by atoms with E-state index in [1.807, 2.05) is 0 Å². The number of barbiturate groups is 1. The number of hydrogen-bond acceptors (Lipinski definition) is 6. The highest BCUT2D eigenvalue weighted by atomic mass is 16.6. The van der Waals surface area contributed by atoms with E-state index in [1.165, 1.54) is 18.2 Å². The summed E-state index contributed by atoms with van der Waals surface area (Å²) in [4.78, 5) is 49.6. The van der Waals surface area contributed by atoms with Gasteiger partial charge in [0.15, 0.2) is 0 Å². The molecule has 10 heteroatoms. The number of carbonyl (C=O) groups is 3. The summed E-state index contributed by atoms with van der Waals surface area (Å²) in [6.45, 7) is 2.10. The van der Waals surface area contributed by atoms with Crippen LogP contribution in [0.3, 0.4) is 0 Å². The SMILES string of the molecule is CCOc1ccccc1N1C(=O)NC(=O)/C(=C\c2cccn2-c2ccc([N+](=O)[O-])cc2)C1=O. The topological polar surface area (TPSA) is 124 Å². The van der Waals surface area contributed by atoms with Crippen molar-refractivity contribution < 1.29 is 24.0 Å². The number of nitro benzene ring substituents is 1. The van der Waals surface area contributed by atoms with Crippen molar-refractivity contribution in [1.82, 2.24) is 9.88 Å². The molecule has 33 heavy (non-hydrogen) atoms. The van der Waals surface area contributed by atoms with E-state index < -0.39 is 22.8 Å². The molecule has 1 fully saturated rings. The van der Waals surface area contributed by atoms with Gasteiger partial charge in [-0.3, -0.25) is 25.0 Å². The molecular weight excluding hydrogens is 428 g/mol. The normalized spacial score (nSPS) is 15.0. The summed E-state index contributed by atoms with van der Waals surface area (Å²) in [6, 6.07) is 14.8. The molecule has 0 radical (unpaired) electrons. The van der Waals surface area contributed by atoms with Crippen LogP contribution in [0.1, 0.15) is 12.6 Å². The molecule has 166 valence electrons. The van der Waals surface area contributed by atoms with Gasteiger partial charge in [-0.05, 0) is 49.4 Å². The molecule has 2 heterocycles. The Balaban J connectivity index is 1.73. The van der Waals surface area contributed by atoms with Gasteiger partial charge < -0.3 is 9.30 Å². The molecule has 1 aromatic heterocycles. The Labute approximate surface area is 187 Å². The zero-order valence-corrected chi connectivity index (χ0v) is 17.4. The Morgan fingerprint density at radius 3 is 2.45 bits per heavy atom. The second kappa shape index (κ2) is 8.79. The molecule has 0 unspecified atom stereocenters. The van der Waals surface area contributed by atoms with E-state index >= 15 is 0 Å². The Kier molecular flexibility index (Phi) is 5.73. The Bertz CT molecular complexity index is 1290. The van der Waals surface area contributed by atoms with Crippen molar-refractivity contribution in [3.05, 3.63) is 88.2 Å². The van der Waals surface area contributed by atoms with Crippen molar-refractivity contribution in [2.75, 3.05) is 11.5 Å². The van der Waals surface area contributed by atoms with Gasteiger partial charge in [0, 0.05) is 29.7 Å². The Morgan fingerprint density at radius 1 is 1.03 bits per heavy atom. The molecule has 1 aliphatic heterocycles. The molecule has 4 rings (SSSR count).